The summed E-state index contributed by atoms with van der Waals surface area (Å²) >= 11 is 0. The molecule has 3 heteroatoms. The molecule has 0 unspecified atom stereocenters. The Balaban J connectivity index is 1.75. The first kappa shape index (κ1) is 12.1. The van der Waals surface area contributed by atoms with E-state index >= 15 is 0 Å². The molecule has 0 radical (unpaired) electrons. The van der Waals surface area contributed by atoms with Crippen LogP contribution in [0.2, 0.25) is 0 Å². The third kappa shape index (κ3) is 2.06. The molecule has 1 aromatic rings. The molecule has 96 valence electrons. The molecular weight excluding hydrogens is 234 g/mol. The van der Waals surface area contributed by atoms with Crippen LogP contribution in [0.5, 0.6) is 0 Å². The number of anilines is 1. The van der Waals surface area contributed by atoms with E-state index in [9.17, 15) is 0 Å². The molecule has 0 N–H and O–H groups in total. The Kier molecular flexibility index (Phi) is 2.91. The minimum Gasteiger partial charge on any atom is -0.370 e. The summed E-state index contributed by atoms with van der Waals surface area (Å²) in [5.41, 5.74) is 2.59. The fourth-order valence-corrected chi connectivity index (χ4v) is 3.48. The Labute approximate surface area is 114 Å². The van der Waals surface area contributed by atoms with Gasteiger partial charge in [0.2, 0.25) is 0 Å². The summed E-state index contributed by atoms with van der Waals surface area (Å²) in [6.07, 6.45) is 6.82. The summed E-state index contributed by atoms with van der Waals surface area (Å²) in [5, 5.41) is 18.0. The maximum Gasteiger partial charge on any atom is 0.101 e. The van der Waals surface area contributed by atoms with Crippen molar-refractivity contribution in [1.82, 2.24) is 0 Å². The molecule has 0 atom stereocenters. The highest BCUT2D eigenvalue weighted by Gasteiger charge is 2.43. The molecule has 1 spiro atoms. The molecule has 0 amide bonds. The second-order valence-corrected chi connectivity index (χ2v) is 5.87. The monoisotopic (exact) mass is 251 g/mol. The number of nitrogens with zero attached hydrogens (tertiary/aromatic N) is 3. The van der Waals surface area contributed by atoms with Gasteiger partial charge in [-0.25, -0.2) is 0 Å². The lowest BCUT2D eigenvalue weighted by Crippen LogP contribution is -2.57. The lowest BCUT2D eigenvalue weighted by Gasteiger charge is -2.53. The van der Waals surface area contributed by atoms with Crippen LogP contribution in [-0.2, 0) is 0 Å². The lowest BCUT2D eigenvalue weighted by atomic mass is 9.68. The van der Waals surface area contributed by atoms with Gasteiger partial charge in [0.05, 0.1) is 11.1 Å². The van der Waals surface area contributed by atoms with Crippen molar-refractivity contribution in [2.45, 2.75) is 32.1 Å². The van der Waals surface area contributed by atoms with Crippen molar-refractivity contribution >= 4 is 5.69 Å². The van der Waals surface area contributed by atoms with E-state index in [2.05, 4.69) is 17.0 Å². The van der Waals surface area contributed by atoms with E-state index in [0.29, 0.717) is 16.5 Å². The van der Waals surface area contributed by atoms with Gasteiger partial charge < -0.3 is 4.90 Å². The quantitative estimate of drug-likeness (QED) is 0.770. The highest BCUT2D eigenvalue weighted by Crippen LogP contribution is 2.45. The van der Waals surface area contributed by atoms with Crippen LogP contribution in [0.15, 0.2) is 18.2 Å². The van der Waals surface area contributed by atoms with Crippen LogP contribution in [-0.4, -0.2) is 13.1 Å². The van der Waals surface area contributed by atoms with Gasteiger partial charge in [-0.2, -0.15) is 10.5 Å². The zero-order valence-corrected chi connectivity index (χ0v) is 11.0. The highest BCUT2D eigenvalue weighted by atomic mass is 15.2. The van der Waals surface area contributed by atoms with Gasteiger partial charge in [0.1, 0.15) is 12.1 Å². The van der Waals surface area contributed by atoms with Crippen molar-refractivity contribution in [2.75, 3.05) is 18.0 Å². The van der Waals surface area contributed by atoms with E-state index in [-0.39, 0.29) is 0 Å². The van der Waals surface area contributed by atoms with Crippen molar-refractivity contribution in [3.8, 4) is 12.1 Å². The summed E-state index contributed by atoms with van der Waals surface area (Å²) in [7, 11) is 0. The Bertz CT molecular complexity index is 563. The fourth-order valence-electron chi connectivity index (χ4n) is 3.48. The Hall–Kier alpha value is -2.00. The van der Waals surface area contributed by atoms with Gasteiger partial charge >= 0.3 is 0 Å². The lowest BCUT2D eigenvalue weighted by molar-refractivity contribution is 0.139. The molecule has 2 fully saturated rings. The number of hydrogen-bond donors (Lipinski definition) is 0. The summed E-state index contributed by atoms with van der Waals surface area (Å²) in [6, 6.07) is 9.76. The van der Waals surface area contributed by atoms with Gasteiger partial charge in [-0.05, 0) is 31.0 Å². The van der Waals surface area contributed by atoms with Crippen LogP contribution in [0.25, 0.3) is 0 Å². The van der Waals surface area contributed by atoms with Crippen molar-refractivity contribution in [2.24, 2.45) is 5.41 Å². The molecule has 3 nitrogen and oxygen atoms in total. The normalized spacial score (nSPS) is 20.4. The maximum absolute atomic E-state index is 9.07. The minimum atomic E-state index is 0.471. The predicted octanol–water partition coefficient (Wildman–Crippen LogP) is 3.20. The number of rotatable bonds is 1. The molecule has 19 heavy (non-hydrogen) atoms. The smallest absolute Gasteiger partial charge is 0.101 e. The van der Waals surface area contributed by atoms with Gasteiger partial charge in [-0.1, -0.05) is 19.3 Å². The SMILES string of the molecule is N#Cc1ccc(N2CC3(CCCCC3)C2)cc1C#N. The molecule has 1 aliphatic carbocycles. The van der Waals surface area contributed by atoms with Gasteiger partial charge in [-0.3, -0.25) is 0 Å². The average Bonchev–Trinajstić information content (AvgIpc) is 2.44. The van der Waals surface area contributed by atoms with Crippen LogP contribution in [0.3, 0.4) is 0 Å². The van der Waals surface area contributed by atoms with Gasteiger partial charge in [0.25, 0.3) is 0 Å². The zero-order valence-electron chi connectivity index (χ0n) is 11.0. The Morgan fingerprint density at radius 1 is 0.947 bits per heavy atom. The Morgan fingerprint density at radius 2 is 1.63 bits per heavy atom. The van der Waals surface area contributed by atoms with Gasteiger partial charge in [0, 0.05) is 24.2 Å². The zero-order chi connectivity index (χ0) is 13.3. The first-order valence-corrected chi connectivity index (χ1v) is 6.96. The van der Waals surface area contributed by atoms with Crippen molar-refractivity contribution in [1.29, 1.82) is 10.5 Å². The molecule has 1 saturated carbocycles. The van der Waals surface area contributed by atoms with E-state index in [1.165, 1.54) is 32.1 Å². The largest absolute Gasteiger partial charge is 0.370 e. The first-order valence-electron chi connectivity index (χ1n) is 6.96. The van der Waals surface area contributed by atoms with Crippen molar-refractivity contribution < 1.29 is 0 Å². The Morgan fingerprint density at radius 3 is 2.26 bits per heavy atom. The molecule has 2 aliphatic rings. The fraction of sp³-hybridized carbons (Fsp3) is 0.500. The van der Waals surface area contributed by atoms with E-state index in [4.69, 9.17) is 10.5 Å². The molecular formula is C16H17N3. The number of hydrogen-bond acceptors (Lipinski definition) is 3. The number of benzene rings is 1. The molecule has 0 bridgehead atoms. The molecule has 3 rings (SSSR count). The molecule has 1 heterocycles. The van der Waals surface area contributed by atoms with Crippen LogP contribution in [0.1, 0.15) is 43.2 Å². The minimum absolute atomic E-state index is 0.471. The molecule has 1 saturated heterocycles. The number of nitriles is 2. The second-order valence-electron chi connectivity index (χ2n) is 5.87. The topological polar surface area (TPSA) is 50.8 Å². The van der Waals surface area contributed by atoms with Crippen molar-refractivity contribution in [3.63, 3.8) is 0 Å². The van der Waals surface area contributed by atoms with Gasteiger partial charge in [0.15, 0.2) is 0 Å². The predicted molar refractivity (Wildman–Crippen MR) is 73.6 cm³/mol. The first-order chi connectivity index (χ1) is 9.26. The van der Waals surface area contributed by atoms with Crippen LogP contribution >= 0.6 is 0 Å². The summed E-state index contributed by atoms with van der Waals surface area (Å²) in [4.78, 5) is 2.34. The van der Waals surface area contributed by atoms with E-state index in [1.54, 1.807) is 6.07 Å². The van der Waals surface area contributed by atoms with Crippen molar-refractivity contribution in [3.05, 3.63) is 29.3 Å². The maximum atomic E-state index is 9.07. The molecule has 1 aromatic carbocycles. The summed E-state index contributed by atoms with van der Waals surface area (Å²) in [5.74, 6) is 0. The van der Waals surface area contributed by atoms with Crippen LogP contribution < -0.4 is 4.90 Å². The molecule has 1 aliphatic heterocycles. The third-order valence-electron chi connectivity index (χ3n) is 4.58. The summed E-state index contributed by atoms with van der Waals surface area (Å²) < 4.78 is 0. The third-order valence-corrected chi connectivity index (χ3v) is 4.58. The van der Waals surface area contributed by atoms with E-state index in [1.807, 2.05) is 12.1 Å². The van der Waals surface area contributed by atoms with Gasteiger partial charge in [-0.15, -0.1) is 0 Å². The second kappa shape index (κ2) is 4.59. The van der Waals surface area contributed by atoms with E-state index < -0.39 is 0 Å². The summed E-state index contributed by atoms with van der Waals surface area (Å²) in [6.45, 7) is 2.23. The van der Waals surface area contributed by atoms with E-state index in [0.717, 1.165) is 18.8 Å². The standard InChI is InChI=1S/C16H17N3/c17-9-13-4-5-15(8-14(13)10-18)19-11-16(12-19)6-2-1-3-7-16/h4-5,8H,1-3,6-7,11-12H2. The van der Waals surface area contributed by atoms with Crippen LogP contribution in [0, 0.1) is 28.1 Å². The van der Waals surface area contributed by atoms with Crippen LogP contribution in [0.4, 0.5) is 5.69 Å². The molecule has 0 aromatic heterocycles. The highest BCUT2D eigenvalue weighted by molar-refractivity contribution is 5.59. The average molecular weight is 251 g/mol.